The summed E-state index contributed by atoms with van der Waals surface area (Å²) in [6, 6.07) is 15.3. The first-order valence-electron chi connectivity index (χ1n) is 7.94. The van der Waals surface area contributed by atoms with Crippen molar-refractivity contribution in [3.63, 3.8) is 0 Å². The Bertz CT molecular complexity index is 891. The highest BCUT2D eigenvalue weighted by molar-refractivity contribution is 5.99. The van der Waals surface area contributed by atoms with Gasteiger partial charge in [-0.2, -0.15) is 0 Å². The molecule has 0 aliphatic rings. The number of aromatic nitrogens is 1. The molecule has 4 nitrogen and oxygen atoms in total. The second-order valence-corrected chi connectivity index (χ2v) is 5.64. The van der Waals surface area contributed by atoms with Crippen LogP contribution >= 0.6 is 0 Å². The van der Waals surface area contributed by atoms with Crippen LogP contribution in [-0.4, -0.2) is 23.4 Å². The van der Waals surface area contributed by atoms with Gasteiger partial charge < -0.3 is 9.30 Å². The third-order valence-corrected chi connectivity index (χ3v) is 4.20. The van der Waals surface area contributed by atoms with Gasteiger partial charge in [-0.3, -0.25) is 4.79 Å². The second-order valence-electron chi connectivity index (χ2n) is 5.64. The highest BCUT2D eigenvalue weighted by Gasteiger charge is 2.13. The van der Waals surface area contributed by atoms with Gasteiger partial charge in [0.2, 0.25) is 0 Å². The Labute approximate surface area is 140 Å². The molecular weight excluding hydrogens is 302 g/mol. The molecule has 0 aliphatic carbocycles. The average Bonchev–Trinajstić information content (AvgIpc) is 2.87. The third-order valence-electron chi connectivity index (χ3n) is 4.20. The summed E-state index contributed by atoms with van der Waals surface area (Å²) in [6.45, 7) is 4.75. The molecule has 3 aromatic rings. The molecule has 0 radical (unpaired) electrons. The molecule has 2 aromatic carbocycles. The zero-order valence-electron chi connectivity index (χ0n) is 13.8. The molecule has 3 rings (SSSR count). The van der Waals surface area contributed by atoms with Gasteiger partial charge in [0.1, 0.15) is 0 Å². The highest BCUT2D eigenvalue weighted by Crippen LogP contribution is 2.25. The molecule has 0 fully saturated rings. The molecule has 0 atom stereocenters. The van der Waals surface area contributed by atoms with Crippen LogP contribution in [0.4, 0.5) is 0 Å². The summed E-state index contributed by atoms with van der Waals surface area (Å²) in [7, 11) is 0. The van der Waals surface area contributed by atoms with E-state index in [9.17, 15) is 9.59 Å². The van der Waals surface area contributed by atoms with Crippen LogP contribution in [0.2, 0.25) is 0 Å². The van der Waals surface area contributed by atoms with Crippen LogP contribution in [-0.2, 0) is 11.3 Å². The molecule has 122 valence electrons. The van der Waals surface area contributed by atoms with E-state index in [1.54, 1.807) is 19.1 Å². The van der Waals surface area contributed by atoms with E-state index in [-0.39, 0.29) is 5.97 Å². The van der Waals surface area contributed by atoms with Gasteiger partial charge in [0, 0.05) is 28.7 Å². The van der Waals surface area contributed by atoms with E-state index >= 15 is 0 Å². The van der Waals surface area contributed by atoms with Crippen LogP contribution in [0.25, 0.3) is 10.9 Å². The minimum absolute atomic E-state index is 0.310. The number of esters is 1. The standard InChI is InChI=1S/C20H19NO3/c1-3-24-20(23)16-10-8-15(9-11-16)12-21-14(2)18(13-22)17-6-4-5-7-19(17)21/h4-11,13H,3,12H2,1-2H3. The maximum Gasteiger partial charge on any atom is 0.338 e. The Balaban J connectivity index is 1.94. The number of aldehydes is 1. The molecule has 24 heavy (non-hydrogen) atoms. The minimum atomic E-state index is -0.310. The van der Waals surface area contributed by atoms with Crippen molar-refractivity contribution in [2.24, 2.45) is 0 Å². The largest absolute Gasteiger partial charge is 0.462 e. The normalized spacial score (nSPS) is 10.8. The number of nitrogens with zero attached hydrogens (tertiary/aromatic N) is 1. The topological polar surface area (TPSA) is 48.3 Å². The number of para-hydroxylation sites is 1. The van der Waals surface area contributed by atoms with Crippen LogP contribution in [0, 0.1) is 6.92 Å². The fourth-order valence-electron chi connectivity index (χ4n) is 2.95. The van der Waals surface area contributed by atoms with Crippen molar-refractivity contribution in [1.29, 1.82) is 0 Å². The zero-order valence-corrected chi connectivity index (χ0v) is 13.8. The Morgan fingerprint density at radius 2 is 1.83 bits per heavy atom. The van der Waals surface area contributed by atoms with Crippen molar-refractivity contribution >= 4 is 23.2 Å². The van der Waals surface area contributed by atoms with Gasteiger partial charge in [-0.05, 0) is 37.6 Å². The number of carbonyl (C=O) groups excluding carboxylic acids is 2. The fourth-order valence-corrected chi connectivity index (χ4v) is 2.95. The molecule has 4 heteroatoms. The van der Waals surface area contributed by atoms with Gasteiger partial charge in [-0.25, -0.2) is 4.79 Å². The van der Waals surface area contributed by atoms with E-state index in [2.05, 4.69) is 4.57 Å². The summed E-state index contributed by atoms with van der Waals surface area (Å²) < 4.78 is 7.12. The summed E-state index contributed by atoms with van der Waals surface area (Å²) in [4.78, 5) is 23.1. The summed E-state index contributed by atoms with van der Waals surface area (Å²) >= 11 is 0. The first kappa shape index (κ1) is 16.0. The van der Waals surface area contributed by atoms with Crippen LogP contribution in [0.15, 0.2) is 48.5 Å². The number of carbonyl (C=O) groups is 2. The number of hydrogen-bond donors (Lipinski definition) is 0. The number of rotatable bonds is 5. The SMILES string of the molecule is CCOC(=O)c1ccc(Cn2c(C)c(C=O)c3ccccc32)cc1. The number of ether oxygens (including phenoxy) is 1. The molecule has 0 aliphatic heterocycles. The number of hydrogen-bond acceptors (Lipinski definition) is 3. The maximum atomic E-state index is 11.7. The average molecular weight is 321 g/mol. The van der Waals surface area contributed by atoms with Crippen LogP contribution in [0.3, 0.4) is 0 Å². The molecule has 1 heterocycles. The van der Waals surface area contributed by atoms with E-state index in [1.807, 2.05) is 43.3 Å². The maximum absolute atomic E-state index is 11.7. The van der Waals surface area contributed by atoms with Gasteiger partial charge in [-0.15, -0.1) is 0 Å². The van der Waals surface area contributed by atoms with Crippen molar-refractivity contribution in [1.82, 2.24) is 4.57 Å². The Morgan fingerprint density at radius 1 is 1.12 bits per heavy atom. The van der Waals surface area contributed by atoms with E-state index in [1.165, 1.54) is 0 Å². The van der Waals surface area contributed by atoms with Gasteiger partial charge >= 0.3 is 5.97 Å². The van der Waals surface area contributed by atoms with Gasteiger partial charge in [0.15, 0.2) is 6.29 Å². The molecular formula is C20H19NO3. The molecule has 0 unspecified atom stereocenters. The Kier molecular flexibility index (Phi) is 4.47. The van der Waals surface area contributed by atoms with E-state index < -0.39 is 0 Å². The van der Waals surface area contributed by atoms with Gasteiger partial charge in [-0.1, -0.05) is 30.3 Å². The van der Waals surface area contributed by atoms with Crippen molar-refractivity contribution in [3.8, 4) is 0 Å². The van der Waals surface area contributed by atoms with Gasteiger partial charge in [0.25, 0.3) is 0 Å². The summed E-state index contributed by atoms with van der Waals surface area (Å²) in [6.07, 6.45) is 0.915. The predicted molar refractivity (Wildman–Crippen MR) is 93.6 cm³/mol. The highest BCUT2D eigenvalue weighted by atomic mass is 16.5. The van der Waals surface area contributed by atoms with E-state index in [0.717, 1.165) is 34.0 Å². The minimum Gasteiger partial charge on any atom is -0.462 e. The number of fused-ring (bicyclic) bond motifs is 1. The van der Waals surface area contributed by atoms with E-state index in [4.69, 9.17) is 4.74 Å². The zero-order chi connectivity index (χ0) is 17.1. The molecule has 0 saturated heterocycles. The molecule has 0 spiro atoms. The van der Waals surface area contributed by atoms with Crippen molar-refractivity contribution < 1.29 is 14.3 Å². The monoisotopic (exact) mass is 321 g/mol. The van der Waals surface area contributed by atoms with Crippen LogP contribution in [0.1, 0.15) is 38.9 Å². The summed E-state index contributed by atoms with van der Waals surface area (Å²) in [5, 5.41) is 0.966. The van der Waals surface area contributed by atoms with Crippen LogP contribution in [0.5, 0.6) is 0 Å². The lowest BCUT2D eigenvalue weighted by Crippen LogP contribution is -2.06. The van der Waals surface area contributed by atoms with Crippen molar-refractivity contribution in [2.75, 3.05) is 6.61 Å². The Hall–Kier alpha value is -2.88. The lowest BCUT2D eigenvalue weighted by Gasteiger charge is -2.09. The Morgan fingerprint density at radius 3 is 2.50 bits per heavy atom. The lowest BCUT2D eigenvalue weighted by molar-refractivity contribution is 0.0526. The third kappa shape index (κ3) is 2.83. The first-order valence-corrected chi connectivity index (χ1v) is 7.94. The smallest absolute Gasteiger partial charge is 0.338 e. The molecule has 0 N–H and O–H groups in total. The number of benzene rings is 2. The summed E-state index contributed by atoms with van der Waals surface area (Å²) in [5.74, 6) is -0.310. The molecule has 0 saturated carbocycles. The van der Waals surface area contributed by atoms with Crippen molar-refractivity contribution in [2.45, 2.75) is 20.4 Å². The lowest BCUT2D eigenvalue weighted by atomic mass is 10.1. The molecule has 0 amide bonds. The predicted octanol–water partition coefficient (Wildman–Crippen LogP) is 3.99. The first-order chi connectivity index (χ1) is 11.7. The van der Waals surface area contributed by atoms with Crippen LogP contribution < -0.4 is 0 Å². The quantitative estimate of drug-likeness (QED) is 0.527. The van der Waals surface area contributed by atoms with E-state index in [0.29, 0.717) is 18.7 Å². The fraction of sp³-hybridized carbons (Fsp3) is 0.200. The van der Waals surface area contributed by atoms with Crippen molar-refractivity contribution in [3.05, 3.63) is 70.9 Å². The molecule has 0 bridgehead atoms. The molecule has 1 aromatic heterocycles. The summed E-state index contributed by atoms with van der Waals surface area (Å²) in [5.41, 5.74) is 4.31. The van der Waals surface area contributed by atoms with Gasteiger partial charge in [0.05, 0.1) is 12.2 Å². The second kappa shape index (κ2) is 6.71.